The summed E-state index contributed by atoms with van der Waals surface area (Å²) in [6, 6.07) is 0.0104. The van der Waals surface area contributed by atoms with Crippen LogP contribution in [0.5, 0.6) is 0 Å². The number of carbonyl (C=O) groups excluding carboxylic acids is 2. The topological polar surface area (TPSA) is 70.1 Å². The van der Waals surface area contributed by atoms with Crippen LogP contribution in [-0.4, -0.2) is 72.2 Å². The van der Waals surface area contributed by atoms with Crippen molar-refractivity contribution in [3.05, 3.63) is 0 Å². The molecule has 1 atom stereocenters. The van der Waals surface area contributed by atoms with Gasteiger partial charge in [0.1, 0.15) is 0 Å². The molecule has 6 nitrogen and oxygen atoms in total. The molecule has 0 spiro atoms. The molecule has 2 rings (SSSR count). The standard InChI is InChI=1S/C13H22N2O4/c16-8-4-11-3-1-2-5-15(11)13(18)12(17)14-6-9-19-10-7-14/h11,16H,1-10H2. The maximum atomic E-state index is 12.3. The van der Waals surface area contributed by atoms with Gasteiger partial charge in [-0.2, -0.15) is 0 Å². The molecular weight excluding hydrogens is 248 g/mol. The third kappa shape index (κ3) is 3.45. The molecule has 19 heavy (non-hydrogen) atoms. The number of amides is 2. The van der Waals surface area contributed by atoms with Crippen molar-refractivity contribution in [3.8, 4) is 0 Å². The van der Waals surface area contributed by atoms with Crippen molar-refractivity contribution in [2.24, 2.45) is 0 Å². The van der Waals surface area contributed by atoms with Crippen LogP contribution in [0.2, 0.25) is 0 Å². The zero-order valence-corrected chi connectivity index (χ0v) is 11.2. The van der Waals surface area contributed by atoms with Crippen molar-refractivity contribution in [2.75, 3.05) is 39.5 Å². The lowest BCUT2D eigenvalue weighted by molar-refractivity contribution is -0.156. The monoisotopic (exact) mass is 270 g/mol. The van der Waals surface area contributed by atoms with E-state index in [9.17, 15) is 9.59 Å². The average Bonchev–Trinajstić information content (AvgIpc) is 2.47. The van der Waals surface area contributed by atoms with Crippen LogP contribution in [0.3, 0.4) is 0 Å². The number of piperidine rings is 1. The molecule has 2 amide bonds. The molecule has 2 aliphatic rings. The van der Waals surface area contributed by atoms with Crippen molar-refractivity contribution in [3.63, 3.8) is 0 Å². The van der Waals surface area contributed by atoms with Gasteiger partial charge in [0.05, 0.1) is 13.2 Å². The molecule has 0 saturated carbocycles. The van der Waals surface area contributed by atoms with E-state index in [4.69, 9.17) is 9.84 Å². The molecule has 0 bridgehead atoms. The lowest BCUT2D eigenvalue weighted by Gasteiger charge is -2.36. The summed E-state index contributed by atoms with van der Waals surface area (Å²) < 4.78 is 5.18. The SMILES string of the molecule is O=C(C(=O)N1CCCCC1CCO)N1CCOCC1. The second kappa shape index (κ2) is 6.86. The van der Waals surface area contributed by atoms with E-state index in [0.717, 1.165) is 19.3 Å². The number of likely N-dealkylation sites (tertiary alicyclic amines) is 1. The minimum Gasteiger partial charge on any atom is -0.396 e. The number of aliphatic hydroxyl groups is 1. The zero-order valence-electron chi connectivity index (χ0n) is 11.2. The predicted octanol–water partition coefficient (Wildman–Crippen LogP) is -0.391. The number of carbonyl (C=O) groups is 2. The molecule has 1 N–H and O–H groups in total. The smallest absolute Gasteiger partial charge is 0.312 e. The summed E-state index contributed by atoms with van der Waals surface area (Å²) in [6.07, 6.45) is 3.43. The van der Waals surface area contributed by atoms with Crippen molar-refractivity contribution in [1.29, 1.82) is 0 Å². The van der Waals surface area contributed by atoms with Gasteiger partial charge in [-0.1, -0.05) is 0 Å². The minimum atomic E-state index is -0.423. The molecule has 0 radical (unpaired) electrons. The summed E-state index contributed by atoms with van der Waals surface area (Å²) in [4.78, 5) is 27.7. The van der Waals surface area contributed by atoms with Gasteiger partial charge in [0.2, 0.25) is 0 Å². The third-order valence-electron chi connectivity index (χ3n) is 3.83. The van der Waals surface area contributed by atoms with Crippen molar-refractivity contribution >= 4 is 11.8 Å². The Kier molecular flexibility index (Phi) is 5.15. The quantitative estimate of drug-likeness (QED) is 0.694. The molecule has 2 heterocycles. The lowest BCUT2D eigenvalue weighted by Crippen LogP contribution is -2.53. The number of aliphatic hydroxyl groups excluding tert-OH is 1. The van der Waals surface area contributed by atoms with Crippen LogP contribution >= 0.6 is 0 Å². The van der Waals surface area contributed by atoms with Crippen molar-refractivity contribution in [2.45, 2.75) is 31.7 Å². The van der Waals surface area contributed by atoms with E-state index in [1.165, 1.54) is 0 Å². The summed E-state index contributed by atoms with van der Waals surface area (Å²) in [5.74, 6) is -0.840. The van der Waals surface area contributed by atoms with E-state index in [2.05, 4.69) is 0 Å². The van der Waals surface area contributed by atoms with E-state index in [1.807, 2.05) is 0 Å². The molecule has 6 heteroatoms. The molecule has 2 fully saturated rings. The summed E-state index contributed by atoms with van der Waals surface area (Å²) in [5.41, 5.74) is 0. The number of rotatable bonds is 2. The lowest BCUT2D eigenvalue weighted by atomic mass is 9.99. The fraction of sp³-hybridized carbons (Fsp3) is 0.846. The first-order chi connectivity index (χ1) is 9.24. The number of hydrogen-bond donors (Lipinski definition) is 1. The van der Waals surface area contributed by atoms with Gasteiger partial charge in [-0.15, -0.1) is 0 Å². The van der Waals surface area contributed by atoms with Gasteiger partial charge in [0.25, 0.3) is 0 Å². The normalized spacial score (nSPS) is 24.4. The van der Waals surface area contributed by atoms with Crippen LogP contribution in [0.15, 0.2) is 0 Å². The fourth-order valence-electron chi connectivity index (χ4n) is 2.74. The molecule has 0 aromatic heterocycles. The van der Waals surface area contributed by atoms with Crippen LogP contribution in [0.4, 0.5) is 0 Å². The maximum absolute atomic E-state index is 12.3. The Labute approximate surface area is 113 Å². The Balaban J connectivity index is 1.97. The number of ether oxygens (including phenoxy) is 1. The predicted molar refractivity (Wildman–Crippen MR) is 68.5 cm³/mol. The Hall–Kier alpha value is -1.14. The zero-order chi connectivity index (χ0) is 13.7. The fourth-order valence-corrected chi connectivity index (χ4v) is 2.74. The largest absolute Gasteiger partial charge is 0.396 e. The maximum Gasteiger partial charge on any atom is 0.312 e. The highest BCUT2D eigenvalue weighted by Crippen LogP contribution is 2.20. The van der Waals surface area contributed by atoms with E-state index >= 15 is 0 Å². The Morgan fingerprint density at radius 2 is 1.84 bits per heavy atom. The van der Waals surface area contributed by atoms with Gasteiger partial charge in [-0.3, -0.25) is 9.59 Å². The number of nitrogens with zero attached hydrogens (tertiary/aromatic N) is 2. The second-order valence-electron chi connectivity index (χ2n) is 5.07. The average molecular weight is 270 g/mol. The van der Waals surface area contributed by atoms with Crippen LogP contribution in [0, 0.1) is 0 Å². The first kappa shape index (κ1) is 14.3. The number of morpholine rings is 1. The highest BCUT2D eigenvalue weighted by Gasteiger charge is 2.33. The van der Waals surface area contributed by atoms with Gasteiger partial charge in [0.15, 0.2) is 0 Å². The Morgan fingerprint density at radius 1 is 1.11 bits per heavy atom. The van der Waals surface area contributed by atoms with Gasteiger partial charge in [0, 0.05) is 32.3 Å². The minimum absolute atomic E-state index is 0.0104. The summed E-state index contributed by atoms with van der Waals surface area (Å²) in [7, 11) is 0. The van der Waals surface area contributed by atoms with E-state index in [0.29, 0.717) is 39.3 Å². The summed E-state index contributed by atoms with van der Waals surface area (Å²) >= 11 is 0. The third-order valence-corrected chi connectivity index (χ3v) is 3.83. The molecule has 2 aliphatic heterocycles. The Bertz CT molecular complexity index is 327. The first-order valence-corrected chi connectivity index (χ1v) is 7.02. The summed E-state index contributed by atoms with van der Waals surface area (Å²) in [5, 5.41) is 9.06. The molecule has 108 valence electrons. The van der Waals surface area contributed by atoms with E-state index in [1.54, 1.807) is 9.80 Å². The van der Waals surface area contributed by atoms with Crippen LogP contribution in [0.1, 0.15) is 25.7 Å². The molecule has 2 saturated heterocycles. The molecule has 0 aromatic rings. The molecular formula is C13H22N2O4. The van der Waals surface area contributed by atoms with Gasteiger partial charge < -0.3 is 19.6 Å². The highest BCUT2D eigenvalue weighted by molar-refractivity contribution is 6.35. The molecule has 1 unspecified atom stereocenters. The van der Waals surface area contributed by atoms with Gasteiger partial charge in [-0.25, -0.2) is 0 Å². The van der Waals surface area contributed by atoms with E-state index in [-0.39, 0.29) is 12.6 Å². The molecule has 0 aliphatic carbocycles. The highest BCUT2D eigenvalue weighted by atomic mass is 16.5. The second-order valence-corrected chi connectivity index (χ2v) is 5.07. The molecule has 0 aromatic carbocycles. The van der Waals surface area contributed by atoms with E-state index < -0.39 is 11.8 Å². The first-order valence-electron chi connectivity index (χ1n) is 7.02. The van der Waals surface area contributed by atoms with Gasteiger partial charge in [-0.05, 0) is 25.7 Å². The van der Waals surface area contributed by atoms with Crippen LogP contribution < -0.4 is 0 Å². The number of hydrogen-bond acceptors (Lipinski definition) is 4. The Morgan fingerprint density at radius 3 is 2.53 bits per heavy atom. The van der Waals surface area contributed by atoms with Crippen LogP contribution in [0.25, 0.3) is 0 Å². The van der Waals surface area contributed by atoms with Crippen LogP contribution in [-0.2, 0) is 14.3 Å². The van der Waals surface area contributed by atoms with Crippen molar-refractivity contribution in [1.82, 2.24) is 9.80 Å². The van der Waals surface area contributed by atoms with Crippen molar-refractivity contribution < 1.29 is 19.4 Å². The summed E-state index contributed by atoms with van der Waals surface area (Å²) in [6.45, 7) is 2.66. The van der Waals surface area contributed by atoms with Gasteiger partial charge >= 0.3 is 11.8 Å².